The van der Waals surface area contributed by atoms with E-state index in [0.29, 0.717) is 18.0 Å². The summed E-state index contributed by atoms with van der Waals surface area (Å²) in [5.41, 5.74) is 5.79. The molecule has 0 amide bonds. The van der Waals surface area contributed by atoms with Crippen LogP contribution >= 0.6 is 11.3 Å². The number of nitrogens with one attached hydrogen (secondary N) is 1. The molecule has 1 heterocycles. The van der Waals surface area contributed by atoms with Crippen molar-refractivity contribution in [1.29, 1.82) is 0 Å². The lowest BCUT2D eigenvalue weighted by Crippen LogP contribution is -2.39. The van der Waals surface area contributed by atoms with Gasteiger partial charge in [-0.25, -0.2) is 0 Å². The zero-order valence-electron chi connectivity index (χ0n) is 8.94. The number of thiophene rings is 1. The number of aliphatic imine (C=N–C) groups is 1. The summed E-state index contributed by atoms with van der Waals surface area (Å²) in [6.07, 6.45) is 3.40. The topological polar surface area (TPSA) is 50.4 Å². The molecule has 0 bridgehead atoms. The van der Waals surface area contributed by atoms with Gasteiger partial charge in [0.2, 0.25) is 0 Å². The van der Waals surface area contributed by atoms with Crippen LogP contribution in [0.25, 0.3) is 0 Å². The molecular formula is C11H17N3S. The SMILES string of the molecule is CC(Cc1cccs1)NC(N)=NC1CC1. The standard InChI is InChI=1S/C11H17N3S/c1-8(7-10-3-2-6-15-10)13-11(12)14-9-4-5-9/h2-3,6,8-9H,4-5,7H2,1H3,(H3,12,13,14). The molecule has 3 nitrogen and oxygen atoms in total. The zero-order chi connectivity index (χ0) is 10.7. The quantitative estimate of drug-likeness (QED) is 0.603. The van der Waals surface area contributed by atoms with Crippen LogP contribution in [0.5, 0.6) is 0 Å². The van der Waals surface area contributed by atoms with Gasteiger partial charge >= 0.3 is 0 Å². The van der Waals surface area contributed by atoms with Crippen LogP contribution in [-0.2, 0) is 6.42 Å². The molecule has 0 saturated heterocycles. The third kappa shape index (κ3) is 3.55. The average Bonchev–Trinajstić information content (AvgIpc) is 2.80. The number of guanidine groups is 1. The number of hydrogen-bond donors (Lipinski definition) is 2. The molecule has 3 N–H and O–H groups in total. The number of nitrogens with zero attached hydrogens (tertiary/aromatic N) is 1. The maximum Gasteiger partial charge on any atom is 0.189 e. The van der Waals surface area contributed by atoms with Crippen LogP contribution in [0.3, 0.4) is 0 Å². The van der Waals surface area contributed by atoms with E-state index >= 15 is 0 Å². The zero-order valence-corrected chi connectivity index (χ0v) is 9.76. The van der Waals surface area contributed by atoms with E-state index in [1.165, 1.54) is 17.7 Å². The van der Waals surface area contributed by atoms with Crippen LogP contribution in [0.2, 0.25) is 0 Å². The monoisotopic (exact) mass is 223 g/mol. The second kappa shape index (κ2) is 4.66. The van der Waals surface area contributed by atoms with Crippen molar-refractivity contribution < 1.29 is 0 Å². The largest absolute Gasteiger partial charge is 0.370 e. The molecule has 2 rings (SSSR count). The van der Waals surface area contributed by atoms with E-state index in [0.717, 1.165) is 6.42 Å². The highest BCUT2D eigenvalue weighted by Crippen LogP contribution is 2.23. The van der Waals surface area contributed by atoms with Crippen LogP contribution in [0.4, 0.5) is 0 Å². The molecule has 82 valence electrons. The first kappa shape index (κ1) is 10.5. The molecular weight excluding hydrogens is 206 g/mol. The Morgan fingerprint density at radius 1 is 1.73 bits per heavy atom. The van der Waals surface area contributed by atoms with Gasteiger partial charge in [0.1, 0.15) is 0 Å². The maximum absolute atomic E-state index is 5.79. The minimum Gasteiger partial charge on any atom is -0.370 e. The second-order valence-electron chi connectivity index (χ2n) is 4.07. The molecule has 1 saturated carbocycles. The molecule has 1 unspecified atom stereocenters. The Kier molecular flexibility index (Phi) is 3.26. The molecule has 1 aromatic rings. The molecule has 15 heavy (non-hydrogen) atoms. The maximum atomic E-state index is 5.79. The normalized spacial score (nSPS) is 18.9. The summed E-state index contributed by atoms with van der Waals surface area (Å²) in [4.78, 5) is 5.73. The van der Waals surface area contributed by atoms with Crippen molar-refractivity contribution in [2.75, 3.05) is 0 Å². The Morgan fingerprint density at radius 3 is 3.13 bits per heavy atom. The Labute approximate surface area is 94.4 Å². The van der Waals surface area contributed by atoms with Crippen LogP contribution in [0.1, 0.15) is 24.6 Å². The van der Waals surface area contributed by atoms with Gasteiger partial charge in [0.05, 0.1) is 6.04 Å². The van der Waals surface area contributed by atoms with Gasteiger partial charge in [0.15, 0.2) is 5.96 Å². The first-order valence-corrected chi connectivity index (χ1v) is 6.24. The second-order valence-corrected chi connectivity index (χ2v) is 5.11. The summed E-state index contributed by atoms with van der Waals surface area (Å²) in [6.45, 7) is 2.13. The summed E-state index contributed by atoms with van der Waals surface area (Å²) < 4.78 is 0. The highest BCUT2D eigenvalue weighted by molar-refractivity contribution is 7.09. The van der Waals surface area contributed by atoms with Crippen LogP contribution < -0.4 is 11.1 Å². The molecule has 1 fully saturated rings. The van der Waals surface area contributed by atoms with Gasteiger partial charge in [-0.3, -0.25) is 4.99 Å². The van der Waals surface area contributed by atoms with Gasteiger partial charge in [0.25, 0.3) is 0 Å². The lowest BCUT2D eigenvalue weighted by Gasteiger charge is -2.13. The molecule has 1 aliphatic rings. The van der Waals surface area contributed by atoms with Gasteiger partial charge in [-0.15, -0.1) is 11.3 Å². The van der Waals surface area contributed by atoms with Gasteiger partial charge in [-0.2, -0.15) is 0 Å². The summed E-state index contributed by atoms with van der Waals surface area (Å²) in [5.74, 6) is 0.599. The average molecular weight is 223 g/mol. The molecule has 1 aromatic heterocycles. The summed E-state index contributed by atoms with van der Waals surface area (Å²) in [7, 11) is 0. The fourth-order valence-corrected chi connectivity index (χ4v) is 2.31. The molecule has 0 radical (unpaired) electrons. The van der Waals surface area contributed by atoms with Crippen molar-refractivity contribution in [2.45, 2.75) is 38.3 Å². The molecule has 0 spiro atoms. The lowest BCUT2D eigenvalue weighted by atomic mass is 10.2. The predicted octanol–water partition coefficient (Wildman–Crippen LogP) is 1.75. The van der Waals surface area contributed by atoms with Crippen molar-refractivity contribution in [3.8, 4) is 0 Å². The Bertz CT molecular complexity index is 328. The smallest absolute Gasteiger partial charge is 0.189 e. The number of nitrogens with two attached hydrogens (primary N) is 1. The van der Waals surface area contributed by atoms with E-state index < -0.39 is 0 Å². The first-order valence-electron chi connectivity index (χ1n) is 5.36. The van der Waals surface area contributed by atoms with E-state index in [1.807, 2.05) is 0 Å². The molecule has 4 heteroatoms. The highest BCUT2D eigenvalue weighted by Gasteiger charge is 2.20. The predicted molar refractivity (Wildman–Crippen MR) is 65.3 cm³/mol. The number of rotatable bonds is 4. The lowest BCUT2D eigenvalue weighted by molar-refractivity contribution is 0.659. The van der Waals surface area contributed by atoms with Gasteiger partial charge in [-0.05, 0) is 31.2 Å². The third-order valence-electron chi connectivity index (χ3n) is 2.35. The highest BCUT2D eigenvalue weighted by atomic mass is 32.1. The van der Waals surface area contributed by atoms with Crippen molar-refractivity contribution in [3.63, 3.8) is 0 Å². The minimum absolute atomic E-state index is 0.353. The van der Waals surface area contributed by atoms with Crippen molar-refractivity contribution in [1.82, 2.24) is 5.32 Å². The minimum atomic E-state index is 0.353. The van der Waals surface area contributed by atoms with E-state index in [2.05, 4.69) is 34.7 Å². The summed E-state index contributed by atoms with van der Waals surface area (Å²) in [6, 6.07) is 5.07. The van der Waals surface area contributed by atoms with Crippen molar-refractivity contribution in [2.24, 2.45) is 10.7 Å². The fourth-order valence-electron chi connectivity index (χ4n) is 1.47. The van der Waals surface area contributed by atoms with Crippen LogP contribution in [0.15, 0.2) is 22.5 Å². The van der Waals surface area contributed by atoms with Gasteiger partial charge in [-0.1, -0.05) is 6.07 Å². The molecule has 0 aliphatic heterocycles. The van der Waals surface area contributed by atoms with Crippen LogP contribution in [-0.4, -0.2) is 18.0 Å². The van der Waals surface area contributed by atoms with Crippen molar-refractivity contribution >= 4 is 17.3 Å². The van der Waals surface area contributed by atoms with E-state index in [4.69, 9.17) is 5.73 Å². The molecule has 0 aromatic carbocycles. The Hall–Kier alpha value is -1.03. The summed E-state index contributed by atoms with van der Waals surface area (Å²) >= 11 is 1.78. The molecule has 1 atom stereocenters. The molecule has 1 aliphatic carbocycles. The van der Waals surface area contributed by atoms with Gasteiger partial charge in [0, 0.05) is 17.3 Å². The first-order chi connectivity index (χ1) is 7.24. The fraction of sp³-hybridized carbons (Fsp3) is 0.545. The Balaban J connectivity index is 1.78. The van der Waals surface area contributed by atoms with E-state index in [-0.39, 0.29) is 0 Å². The van der Waals surface area contributed by atoms with Crippen LogP contribution in [0, 0.1) is 0 Å². The van der Waals surface area contributed by atoms with E-state index in [1.54, 1.807) is 11.3 Å². The Morgan fingerprint density at radius 2 is 2.53 bits per heavy atom. The number of hydrogen-bond acceptors (Lipinski definition) is 2. The summed E-state index contributed by atoms with van der Waals surface area (Å²) in [5, 5.41) is 5.32. The van der Waals surface area contributed by atoms with E-state index in [9.17, 15) is 0 Å². The third-order valence-corrected chi connectivity index (χ3v) is 3.25. The van der Waals surface area contributed by atoms with Gasteiger partial charge < -0.3 is 11.1 Å². The van der Waals surface area contributed by atoms with Crippen molar-refractivity contribution in [3.05, 3.63) is 22.4 Å².